The molecule has 28 heavy (non-hydrogen) atoms. The van der Waals surface area contributed by atoms with Gasteiger partial charge in [0.15, 0.2) is 5.82 Å². The zero-order valence-corrected chi connectivity index (χ0v) is 17.1. The monoisotopic (exact) mass is 428 g/mol. The fraction of sp³-hybridized carbons (Fsp3) is 0.471. The molecule has 0 bridgehead atoms. The van der Waals surface area contributed by atoms with E-state index in [1.54, 1.807) is 17.7 Å². The van der Waals surface area contributed by atoms with Gasteiger partial charge in [0.2, 0.25) is 0 Å². The number of rotatable bonds is 5. The summed E-state index contributed by atoms with van der Waals surface area (Å²) in [5.41, 5.74) is 0.955. The maximum atomic E-state index is 12.4. The van der Waals surface area contributed by atoms with E-state index < -0.39 is 6.09 Å². The highest BCUT2D eigenvalue weighted by Crippen LogP contribution is 2.29. The smallest absolute Gasteiger partial charge is 0.410 e. The van der Waals surface area contributed by atoms with Crippen LogP contribution in [0, 0.1) is 6.92 Å². The lowest BCUT2D eigenvalue weighted by atomic mass is 10.0. The van der Waals surface area contributed by atoms with Crippen LogP contribution in [-0.2, 0) is 13.6 Å². The number of carbonyl (C=O) groups is 2. The summed E-state index contributed by atoms with van der Waals surface area (Å²) in [6.45, 7) is 3.95. The molecule has 11 heteroatoms. The number of aromatic amines is 1. The van der Waals surface area contributed by atoms with E-state index in [0.29, 0.717) is 23.1 Å². The van der Waals surface area contributed by atoms with Gasteiger partial charge < -0.3 is 20.0 Å². The number of amides is 2. The van der Waals surface area contributed by atoms with Crippen molar-refractivity contribution in [1.82, 2.24) is 24.8 Å². The predicted octanol–water partition coefficient (Wildman–Crippen LogP) is 2.85. The van der Waals surface area contributed by atoms with Crippen molar-refractivity contribution in [3.63, 3.8) is 0 Å². The number of H-pyrrole nitrogens is 1. The van der Waals surface area contributed by atoms with Crippen LogP contribution in [0.3, 0.4) is 0 Å². The van der Waals surface area contributed by atoms with Gasteiger partial charge in [-0.05, 0) is 19.8 Å². The van der Waals surface area contributed by atoms with Gasteiger partial charge in [0, 0.05) is 38.1 Å². The lowest BCUT2D eigenvalue weighted by Gasteiger charge is -2.32. The maximum Gasteiger partial charge on any atom is 0.410 e. The number of carboxylic acid groups (broad SMARTS) is 1. The van der Waals surface area contributed by atoms with E-state index in [0.717, 1.165) is 31.8 Å². The molecule has 2 amide bonds. The topological polar surface area (TPSA) is 115 Å². The number of carbonyl (C=O) groups excluding carboxylic acids is 1. The molecule has 0 atom stereocenters. The molecule has 0 spiro atoms. The second-order valence-corrected chi connectivity index (χ2v) is 7.62. The third kappa shape index (κ3) is 4.60. The summed E-state index contributed by atoms with van der Waals surface area (Å²) in [7, 11) is 1.83. The molecule has 2 aromatic heterocycles. The molecule has 1 saturated heterocycles. The molecule has 0 saturated carbocycles. The van der Waals surface area contributed by atoms with Crippen LogP contribution in [0.1, 0.15) is 34.8 Å². The summed E-state index contributed by atoms with van der Waals surface area (Å²) < 4.78 is 1.80. The molecule has 4 N–H and O–H groups in total. The zero-order valence-electron chi connectivity index (χ0n) is 15.6. The van der Waals surface area contributed by atoms with Gasteiger partial charge in [-0.25, -0.2) is 9.78 Å². The van der Waals surface area contributed by atoms with Crippen molar-refractivity contribution in [2.75, 3.05) is 18.4 Å². The molecule has 3 heterocycles. The minimum absolute atomic E-state index is 0.0489. The second kappa shape index (κ2) is 8.42. The van der Waals surface area contributed by atoms with Crippen molar-refractivity contribution in [2.45, 2.75) is 32.4 Å². The molecule has 1 fully saturated rings. The van der Waals surface area contributed by atoms with E-state index in [1.807, 2.05) is 7.05 Å². The molecule has 2 aromatic rings. The Hall–Kier alpha value is -2.23. The van der Waals surface area contributed by atoms with Crippen LogP contribution in [0.2, 0.25) is 10.0 Å². The SMILES string of the molecule is Cc1[nH]c(C(=O)NC2CCN(Cc3nc(NC(=O)O)cn3C)CC2)c(Cl)c1Cl. The molecule has 1 aliphatic rings. The maximum absolute atomic E-state index is 12.4. The predicted molar refractivity (Wildman–Crippen MR) is 106 cm³/mol. The Morgan fingerprint density at radius 3 is 2.57 bits per heavy atom. The Labute approximate surface area is 172 Å². The van der Waals surface area contributed by atoms with Crippen LogP contribution in [0.5, 0.6) is 0 Å². The van der Waals surface area contributed by atoms with E-state index in [4.69, 9.17) is 28.3 Å². The van der Waals surface area contributed by atoms with Crippen LogP contribution in [0.15, 0.2) is 6.20 Å². The molecule has 0 radical (unpaired) electrons. The average Bonchev–Trinajstić information content (AvgIpc) is 3.10. The summed E-state index contributed by atoms with van der Waals surface area (Å²) in [5, 5.41) is 14.7. The molecule has 1 aliphatic heterocycles. The molecular formula is C17H22Cl2N6O3. The van der Waals surface area contributed by atoms with Gasteiger partial charge >= 0.3 is 6.09 Å². The van der Waals surface area contributed by atoms with Crippen LogP contribution in [0.25, 0.3) is 0 Å². The minimum Gasteiger partial charge on any atom is -0.465 e. The van der Waals surface area contributed by atoms with Gasteiger partial charge in [-0.1, -0.05) is 23.2 Å². The van der Waals surface area contributed by atoms with Crippen molar-refractivity contribution in [1.29, 1.82) is 0 Å². The highest BCUT2D eigenvalue weighted by molar-refractivity contribution is 6.44. The van der Waals surface area contributed by atoms with Gasteiger partial charge in [0.25, 0.3) is 5.91 Å². The molecule has 0 unspecified atom stereocenters. The lowest BCUT2D eigenvalue weighted by Crippen LogP contribution is -2.44. The van der Waals surface area contributed by atoms with E-state index in [9.17, 15) is 9.59 Å². The fourth-order valence-corrected chi connectivity index (χ4v) is 3.66. The number of aromatic nitrogens is 3. The number of hydrogen-bond acceptors (Lipinski definition) is 4. The third-order valence-electron chi connectivity index (χ3n) is 4.78. The average molecular weight is 429 g/mol. The van der Waals surface area contributed by atoms with Crippen molar-refractivity contribution in [3.05, 3.63) is 33.5 Å². The normalized spacial score (nSPS) is 15.6. The first kappa shape index (κ1) is 20.5. The van der Waals surface area contributed by atoms with E-state index in [1.165, 1.54) is 0 Å². The molecule has 3 rings (SSSR count). The van der Waals surface area contributed by atoms with Crippen LogP contribution < -0.4 is 10.6 Å². The first-order valence-electron chi connectivity index (χ1n) is 8.83. The third-order valence-corrected chi connectivity index (χ3v) is 5.72. The van der Waals surface area contributed by atoms with Crippen molar-refractivity contribution < 1.29 is 14.7 Å². The summed E-state index contributed by atoms with van der Waals surface area (Å²) in [6, 6.07) is 0.0489. The van der Waals surface area contributed by atoms with E-state index in [2.05, 4.69) is 25.5 Å². The van der Waals surface area contributed by atoms with Gasteiger partial charge in [-0.15, -0.1) is 0 Å². The van der Waals surface area contributed by atoms with Crippen LogP contribution in [0.4, 0.5) is 10.6 Å². The summed E-state index contributed by atoms with van der Waals surface area (Å²) in [6.07, 6.45) is 2.09. The first-order chi connectivity index (χ1) is 13.2. The number of nitrogens with one attached hydrogen (secondary N) is 3. The van der Waals surface area contributed by atoms with Gasteiger partial charge in [-0.3, -0.25) is 15.0 Å². The van der Waals surface area contributed by atoms with Crippen LogP contribution >= 0.6 is 23.2 Å². The fourth-order valence-electron chi connectivity index (χ4n) is 3.24. The number of imidazole rings is 1. The minimum atomic E-state index is -1.14. The molecule has 9 nitrogen and oxygen atoms in total. The summed E-state index contributed by atoms with van der Waals surface area (Å²) in [5.74, 6) is 0.824. The highest BCUT2D eigenvalue weighted by Gasteiger charge is 2.25. The number of piperidine rings is 1. The van der Waals surface area contributed by atoms with Gasteiger partial charge in [0.05, 0.1) is 16.6 Å². The van der Waals surface area contributed by atoms with E-state index in [-0.39, 0.29) is 22.7 Å². The number of nitrogens with zero attached hydrogens (tertiary/aromatic N) is 3. The van der Waals surface area contributed by atoms with Crippen LogP contribution in [-0.4, -0.2) is 55.7 Å². The number of halogens is 2. The number of likely N-dealkylation sites (tertiary alicyclic amines) is 1. The van der Waals surface area contributed by atoms with Crippen molar-refractivity contribution in [2.24, 2.45) is 7.05 Å². The lowest BCUT2D eigenvalue weighted by molar-refractivity contribution is 0.0903. The second-order valence-electron chi connectivity index (χ2n) is 6.86. The van der Waals surface area contributed by atoms with E-state index >= 15 is 0 Å². The summed E-state index contributed by atoms with van der Waals surface area (Å²) in [4.78, 5) is 32.6. The Morgan fingerprint density at radius 2 is 2.00 bits per heavy atom. The molecule has 152 valence electrons. The van der Waals surface area contributed by atoms with Crippen molar-refractivity contribution in [3.8, 4) is 0 Å². The quantitative estimate of drug-likeness (QED) is 0.584. The molecule has 0 aromatic carbocycles. The number of anilines is 1. The summed E-state index contributed by atoms with van der Waals surface area (Å²) >= 11 is 12.1. The Balaban J connectivity index is 1.52. The molecule has 0 aliphatic carbocycles. The Morgan fingerprint density at radius 1 is 1.32 bits per heavy atom. The van der Waals surface area contributed by atoms with Gasteiger partial charge in [0.1, 0.15) is 11.5 Å². The largest absolute Gasteiger partial charge is 0.465 e. The van der Waals surface area contributed by atoms with Crippen molar-refractivity contribution >= 4 is 41.0 Å². The zero-order chi connectivity index (χ0) is 20.4. The number of hydrogen-bond donors (Lipinski definition) is 4. The molecular weight excluding hydrogens is 407 g/mol. The Bertz CT molecular complexity index is 886. The number of aryl methyl sites for hydroxylation is 2. The Kier molecular flexibility index (Phi) is 6.17. The first-order valence-corrected chi connectivity index (χ1v) is 9.59. The highest BCUT2D eigenvalue weighted by atomic mass is 35.5. The van der Waals surface area contributed by atoms with Gasteiger partial charge in [-0.2, -0.15) is 0 Å². The standard InChI is InChI=1S/C17H22Cl2N6O3/c1-9-13(18)14(19)15(20-9)16(26)21-10-3-5-25(6-4-10)8-12-22-11(7-24(12)2)23-17(27)28/h7,10,20,23H,3-6,8H2,1-2H3,(H,21,26)(H,27,28).